The summed E-state index contributed by atoms with van der Waals surface area (Å²) in [5.41, 5.74) is 2.62. The van der Waals surface area contributed by atoms with Gasteiger partial charge in [-0.3, -0.25) is 4.79 Å². The number of amides is 1. The van der Waals surface area contributed by atoms with Crippen LogP contribution in [-0.2, 0) is 11.2 Å². The summed E-state index contributed by atoms with van der Waals surface area (Å²) >= 11 is 1.82. The quantitative estimate of drug-likeness (QED) is 0.853. The van der Waals surface area contributed by atoms with Gasteiger partial charge in [0.1, 0.15) is 5.25 Å². The molecule has 0 aromatic heterocycles. The molecule has 1 unspecified atom stereocenters. The third kappa shape index (κ3) is 2.06. The van der Waals surface area contributed by atoms with Gasteiger partial charge < -0.3 is 10.2 Å². The lowest BCUT2D eigenvalue weighted by Crippen LogP contribution is -2.35. The maximum Gasteiger partial charge on any atom is 0.240 e. The molecule has 4 rings (SSSR count). The fraction of sp³-hybridized carbons (Fsp3) is 0.562. The van der Waals surface area contributed by atoms with Gasteiger partial charge in [0, 0.05) is 26.2 Å². The van der Waals surface area contributed by atoms with Crippen molar-refractivity contribution in [2.75, 3.05) is 31.9 Å². The van der Waals surface area contributed by atoms with E-state index in [0.717, 1.165) is 38.4 Å². The van der Waals surface area contributed by atoms with Crippen LogP contribution in [0.25, 0.3) is 0 Å². The fourth-order valence-corrected chi connectivity index (χ4v) is 5.07. The Hall–Kier alpha value is -1.00. The van der Waals surface area contributed by atoms with E-state index in [1.165, 1.54) is 11.1 Å². The van der Waals surface area contributed by atoms with Crippen molar-refractivity contribution in [1.29, 1.82) is 0 Å². The Kier molecular flexibility index (Phi) is 3.23. The van der Waals surface area contributed by atoms with Crippen LogP contribution in [0.5, 0.6) is 0 Å². The minimum Gasteiger partial charge on any atom is -0.341 e. The lowest BCUT2D eigenvalue weighted by molar-refractivity contribution is -0.130. The number of aryl methyl sites for hydroxylation is 1. The molecule has 0 radical (unpaired) electrons. The first-order valence-electron chi connectivity index (χ1n) is 7.52. The van der Waals surface area contributed by atoms with Crippen molar-refractivity contribution < 1.29 is 4.79 Å². The Balaban J connectivity index is 1.55. The van der Waals surface area contributed by atoms with E-state index >= 15 is 0 Å². The highest BCUT2D eigenvalue weighted by Gasteiger charge is 2.40. The normalized spacial score (nSPS) is 32.0. The van der Waals surface area contributed by atoms with Gasteiger partial charge in [0.2, 0.25) is 5.91 Å². The average Bonchev–Trinajstić information content (AvgIpc) is 3.07. The van der Waals surface area contributed by atoms with Crippen LogP contribution in [-0.4, -0.2) is 42.7 Å². The number of hydrogen-bond acceptors (Lipinski definition) is 3. The number of carbonyl (C=O) groups is 1. The SMILES string of the molecule is O=C(C1SCCc2ccccc21)N1C[C@H]2CNC[C@H]2C1. The molecule has 1 amide bonds. The third-order valence-electron chi connectivity index (χ3n) is 4.92. The average molecular weight is 288 g/mol. The van der Waals surface area contributed by atoms with E-state index in [1.54, 1.807) is 0 Å². The fourth-order valence-electron chi connectivity index (χ4n) is 3.80. The van der Waals surface area contributed by atoms with E-state index in [-0.39, 0.29) is 5.25 Å². The molecule has 3 atom stereocenters. The third-order valence-corrected chi connectivity index (χ3v) is 6.15. The standard InChI is InChI=1S/C16H20N2OS/c19-16(18-9-12-7-17-8-13(12)10-18)15-14-4-2-1-3-11(14)5-6-20-15/h1-4,12-13,15,17H,5-10H2/t12-,13+,15?. The largest absolute Gasteiger partial charge is 0.341 e. The monoisotopic (exact) mass is 288 g/mol. The van der Waals surface area contributed by atoms with Gasteiger partial charge in [-0.15, -0.1) is 11.8 Å². The molecule has 1 aromatic rings. The van der Waals surface area contributed by atoms with Gasteiger partial charge in [0.15, 0.2) is 0 Å². The number of hydrogen-bond donors (Lipinski definition) is 1. The van der Waals surface area contributed by atoms with Crippen LogP contribution in [0.2, 0.25) is 0 Å². The number of likely N-dealkylation sites (tertiary alicyclic amines) is 1. The van der Waals surface area contributed by atoms with Gasteiger partial charge in [-0.1, -0.05) is 24.3 Å². The minimum atomic E-state index is 0.0340. The van der Waals surface area contributed by atoms with Gasteiger partial charge in [0.25, 0.3) is 0 Å². The van der Waals surface area contributed by atoms with Crippen LogP contribution in [0.3, 0.4) is 0 Å². The van der Waals surface area contributed by atoms with E-state index in [1.807, 2.05) is 11.8 Å². The Morgan fingerprint density at radius 2 is 1.95 bits per heavy atom. The number of nitrogens with zero attached hydrogens (tertiary/aromatic N) is 1. The van der Waals surface area contributed by atoms with Crippen molar-refractivity contribution in [3.8, 4) is 0 Å². The van der Waals surface area contributed by atoms with Gasteiger partial charge in [-0.05, 0) is 35.1 Å². The second-order valence-electron chi connectivity index (χ2n) is 6.12. The molecule has 2 fully saturated rings. The van der Waals surface area contributed by atoms with Gasteiger partial charge >= 0.3 is 0 Å². The molecule has 0 aliphatic carbocycles. The van der Waals surface area contributed by atoms with E-state index in [4.69, 9.17) is 0 Å². The van der Waals surface area contributed by atoms with E-state index in [2.05, 4.69) is 34.5 Å². The van der Waals surface area contributed by atoms with E-state index in [9.17, 15) is 4.79 Å². The van der Waals surface area contributed by atoms with Gasteiger partial charge in [-0.2, -0.15) is 0 Å². The Labute approximate surface area is 124 Å². The molecule has 0 saturated carbocycles. The number of nitrogens with one attached hydrogen (secondary N) is 1. The first-order chi connectivity index (χ1) is 9.83. The van der Waals surface area contributed by atoms with Crippen LogP contribution < -0.4 is 5.32 Å². The second kappa shape index (κ2) is 5.08. The molecule has 3 heterocycles. The van der Waals surface area contributed by atoms with Crippen molar-refractivity contribution in [2.24, 2.45) is 11.8 Å². The summed E-state index contributed by atoms with van der Waals surface area (Å²) in [4.78, 5) is 15.0. The highest BCUT2D eigenvalue weighted by molar-refractivity contribution is 8.00. The number of fused-ring (bicyclic) bond motifs is 2. The topological polar surface area (TPSA) is 32.3 Å². The lowest BCUT2D eigenvalue weighted by atomic mass is 10.0. The lowest BCUT2D eigenvalue weighted by Gasteiger charge is -2.28. The zero-order chi connectivity index (χ0) is 13.5. The molecule has 20 heavy (non-hydrogen) atoms. The van der Waals surface area contributed by atoms with Crippen LogP contribution in [0.4, 0.5) is 0 Å². The molecular weight excluding hydrogens is 268 g/mol. The smallest absolute Gasteiger partial charge is 0.240 e. The van der Waals surface area contributed by atoms with Crippen LogP contribution in [0.1, 0.15) is 16.4 Å². The van der Waals surface area contributed by atoms with E-state index in [0.29, 0.717) is 17.7 Å². The highest BCUT2D eigenvalue weighted by atomic mass is 32.2. The summed E-state index contributed by atoms with van der Waals surface area (Å²) in [6, 6.07) is 8.47. The van der Waals surface area contributed by atoms with Crippen LogP contribution in [0, 0.1) is 11.8 Å². The molecule has 3 aliphatic rings. The summed E-state index contributed by atoms with van der Waals surface area (Å²) in [5.74, 6) is 2.78. The first-order valence-corrected chi connectivity index (χ1v) is 8.57. The van der Waals surface area contributed by atoms with E-state index < -0.39 is 0 Å². The number of thioether (sulfide) groups is 1. The summed E-state index contributed by atoms with van der Waals surface area (Å²) < 4.78 is 0. The number of rotatable bonds is 1. The van der Waals surface area contributed by atoms with Crippen molar-refractivity contribution in [3.05, 3.63) is 35.4 Å². The molecule has 0 bridgehead atoms. The Morgan fingerprint density at radius 3 is 2.75 bits per heavy atom. The van der Waals surface area contributed by atoms with Gasteiger partial charge in [-0.25, -0.2) is 0 Å². The summed E-state index contributed by atoms with van der Waals surface area (Å²) in [6.07, 6.45) is 1.10. The zero-order valence-corrected chi connectivity index (χ0v) is 12.4. The maximum absolute atomic E-state index is 12.9. The van der Waals surface area contributed by atoms with Crippen molar-refractivity contribution in [2.45, 2.75) is 11.7 Å². The van der Waals surface area contributed by atoms with Gasteiger partial charge in [0.05, 0.1) is 0 Å². The summed E-state index contributed by atoms with van der Waals surface area (Å²) in [5, 5.41) is 3.47. The van der Waals surface area contributed by atoms with Crippen molar-refractivity contribution in [3.63, 3.8) is 0 Å². The molecule has 3 nitrogen and oxygen atoms in total. The number of benzene rings is 1. The molecular formula is C16H20N2OS. The molecule has 3 aliphatic heterocycles. The number of carbonyl (C=O) groups excluding carboxylic acids is 1. The first kappa shape index (κ1) is 12.7. The van der Waals surface area contributed by atoms with Crippen molar-refractivity contribution in [1.82, 2.24) is 10.2 Å². The Morgan fingerprint density at radius 1 is 1.20 bits per heavy atom. The molecule has 0 spiro atoms. The predicted octanol–water partition coefficient (Wildman–Crippen LogP) is 1.69. The zero-order valence-electron chi connectivity index (χ0n) is 11.5. The maximum atomic E-state index is 12.9. The van der Waals surface area contributed by atoms with Crippen molar-refractivity contribution >= 4 is 17.7 Å². The predicted molar refractivity (Wildman–Crippen MR) is 81.8 cm³/mol. The summed E-state index contributed by atoms with van der Waals surface area (Å²) in [6.45, 7) is 4.08. The van der Waals surface area contributed by atoms with Crippen LogP contribution in [0.15, 0.2) is 24.3 Å². The minimum absolute atomic E-state index is 0.0340. The molecule has 4 heteroatoms. The molecule has 2 saturated heterocycles. The molecule has 1 N–H and O–H groups in total. The Bertz CT molecular complexity index is 521. The van der Waals surface area contributed by atoms with Crippen LogP contribution >= 0.6 is 11.8 Å². The molecule has 106 valence electrons. The summed E-state index contributed by atoms with van der Waals surface area (Å²) in [7, 11) is 0. The highest BCUT2D eigenvalue weighted by Crippen LogP contribution is 2.39. The molecule has 1 aromatic carbocycles. The second-order valence-corrected chi connectivity index (χ2v) is 7.33.